The molecular weight excluding hydrogens is 441 g/mol. The van der Waals surface area contributed by atoms with Crippen LogP contribution in [-0.2, 0) is 14.9 Å². The van der Waals surface area contributed by atoms with Crippen LogP contribution in [0, 0.1) is 0 Å². The van der Waals surface area contributed by atoms with Crippen molar-refractivity contribution in [2.24, 2.45) is 0 Å². The molecule has 182 valence electrons. The molecule has 0 aromatic carbocycles. The number of aliphatic hydroxyl groups is 5. The second-order valence-electron chi connectivity index (χ2n) is 7.70. The van der Waals surface area contributed by atoms with Gasteiger partial charge in [0.25, 0.3) is 10.1 Å². The van der Waals surface area contributed by atoms with Crippen molar-refractivity contribution in [2.75, 3.05) is 19.0 Å². The summed E-state index contributed by atoms with van der Waals surface area (Å²) in [6.45, 7) is 0.617. The average Bonchev–Trinajstić information content (AvgIpc) is 2.68. The first-order valence-electron chi connectivity index (χ1n) is 10.6. The van der Waals surface area contributed by atoms with Crippen LogP contribution in [0.5, 0.6) is 0 Å². The second kappa shape index (κ2) is 18.6. The van der Waals surface area contributed by atoms with Crippen molar-refractivity contribution >= 4 is 16.0 Å². The third-order valence-electron chi connectivity index (χ3n) is 4.90. The zero-order valence-electron chi connectivity index (χ0n) is 19.8. The van der Waals surface area contributed by atoms with Crippen molar-refractivity contribution in [3.05, 3.63) is 0 Å². The van der Waals surface area contributed by atoms with Crippen LogP contribution in [0.4, 0.5) is 0 Å². The van der Waals surface area contributed by atoms with E-state index in [0.29, 0.717) is 11.3 Å². The van der Waals surface area contributed by atoms with E-state index >= 15 is 0 Å². The molecule has 0 fully saturated rings. The minimum atomic E-state index is -4.57. The molecule has 0 saturated carbocycles. The fraction of sp³-hybridized carbons (Fsp3) is 0.947. The summed E-state index contributed by atoms with van der Waals surface area (Å²) in [5, 5.41) is 47.6. The van der Waals surface area contributed by atoms with Gasteiger partial charge in [-0.25, -0.2) is 0 Å². The van der Waals surface area contributed by atoms with Crippen molar-refractivity contribution in [1.29, 1.82) is 0 Å². The summed E-state index contributed by atoms with van der Waals surface area (Å²) >= 11 is 0. The fourth-order valence-electron chi connectivity index (χ4n) is 3.07. The Labute approximate surface area is 209 Å². The number of aliphatic hydroxyl groups excluding tert-OH is 5. The topological polar surface area (TPSA) is 176 Å². The molecule has 12 heteroatoms. The van der Waals surface area contributed by atoms with Gasteiger partial charge in [-0.3, -0.25) is 9.35 Å². The van der Waals surface area contributed by atoms with E-state index in [-0.39, 0.29) is 37.4 Å². The predicted molar refractivity (Wildman–Crippen MR) is 112 cm³/mol. The number of hydrogen-bond acceptors (Lipinski definition) is 8. The third kappa shape index (κ3) is 16.4. The van der Waals surface area contributed by atoms with Crippen LogP contribution in [0.25, 0.3) is 0 Å². The SMILES string of the molecule is CCCCCCCCCCCC(=O)N(C[C@H](O)[C@@H](O)[C@H](O)[C@H](O)CO)CS(=O)(=O)O.[H-].[Na+]. The summed E-state index contributed by atoms with van der Waals surface area (Å²) in [5.74, 6) is -1.69. The molecule has 0 bridgehead atoms. The molecular formula is C19H40NNaO9S. The van der Waals surface area contributed by atoms with Crippen LogP contribution in [-0.4, -0.2) is 92.8 Å². The van der Waals surface area contributed by atoms with Gasteiger partial charge >= 0.3 is 29.6 Å². The quantitative estimate of drug-likeness (QED) is 0.0683. The molecule has 0 aliphatic heterocycles. The molecule has 0 unspecified atom stereocenters. The standard InChI is InChI=1S/C19H39NO9S.Na.H/c1-2-3-4-5-6-7-8-9-10-11-17(24)20(14-30(27,28)29)12-15(22)18(25)19(26)16(23)13-21;;/h15-16,18-19,21-23,25-26H,2-14H2,1H3,(H,27,28,29);;/q;+1;-1/t15-,16+,18+,19+;;/m0../s1. The van der Waals surface area contributed by atoms with Crippen LogP contribution in [0.15, 0.2) is 0 Å². The zero-order chi connectivity index (χ0) is 23.2. The molecule has 10 nitrogen and oxygen atoms in total. The number of nitrogens with zero attached hydrogens (tertiary/aromatic N) is 1. The molecule has 1 amide bonds. The van der Waals surface area contributed by atoms with Crippen LogP contribution < -0.4 is 29.6 Å². The second-order valence-corrected chi connectivity index (χ2v) is 9.13. The molecule has 0 aliphatic rings. The maximum absolute atomic E-state index is 12.4. The molecule has 0 aliphatic carbocycles. The van der Waals surface area contributed by atoms with Gasteiger partial charge in [0.2, 0.25) is 5.91 Å². The first-order chi connectivity index (χ1) is 14.0. The van der Waals surface area contributed by atoms with Crippen molar-refractivity contribution in [3.8, 4) is 0 Å². The Bertz CT molecular complexity index is 571. The summed E-state index contributed by atoms with van der Waals surface area (Å²) in [6.07, 6.45) is 1.93. The molecule has 0 radical (unpaired) electrons. The van der Waals surface area contributed by atoms with Crippen molar-refractivity contribution in [3.63, 3.8) is 0 Å². The molecule has 0 saturated heterocycles. The van der Waals surface area contributed by atoms with Gasteiger partial charge in [-0.2, -0.15) is 8.42 Å². The smallest absolute Gasteiger partial charge is 1.00 e. The van der Waals surface area contributed by atoms with Gasteiger partial charge in [-0.15, -0.1) is 0 Å². The van der Waals surface area contributed by atoms with Crippen LogP contribution in [0.3, 0.4) is 0 Å². The Balaban J connectivity index is -0.00000420. The van der Waals surface area contributed by atoms with Crippen molar-refractivity contribution < 1.29 is 74.3 Å². The molecule has 0 rings (SSSR count). The zero-order valence-corrected chi connectivity index (χ0v) is 21.6. The molecule has 6 N–H and O–H groups in total. The maximum atomic E-state index is 12.4. The van der Waals surface area contributed by atoms with E-state index in [1.165, 1.54) is 25.7 Å². The summed E-state index contributed by atoms with van der Waals surface area (Å²) in [7, 11) is -4.57. The summed E-state index contributed by atoms with van der Waals surface area (Å²) in [6, 6.07) is 0. The molecule has 0 heterocycles. The first kappa shape index (κ1) is 33.4. The van der Waals surface area contributed by atoms with Gasteiger partial charge in [0.05, 0.1) is 13.2 Å². The van der Waals surface area contributed by atoms with Gasteiger partial charge < -0.3 is 31.9 Å². The van der Waals surface area contributed by atoms with Gasteiger partial charge in [-0.1, -0.05) is 58.3 Å². The number of amides is 1. The molecule has 0 aromatic heterocycles. The van der Waals surface area contributed by atoms with Crippen LogP contribution in [0.1, 0.15) is 72.6 Å². The predicted octanol–water partition coefficient (Wildman–Crippen LogP) is -2.87. The van der Waals surface area contributed by atoms with E-state index < -0.39 is 59.5 Å². The third-order valence-corrected chi connectivity index (χ3v) is 5.54. The van der Waals surface area contributed by atoms with Crippen LogP contribution in [0.2, 0.25) is 0 Å². The van der Waals surface area contributed by atoms with E-state index in [1.54, 1.807) is 0 Å². The van der Waals surface area contributed by atoms with Crippen molar-refractivity contribution in [2.45, 2.75) is 95.5 Å². The van der Waals surface area contributed by atoms with E-state index in [0.717, 1.165) is 25.7 Å². The molecule has 4 atom stereocenters. The Hall–Kier alpha value is 0.180. The number of rotatable bonds is 18. The van der Waals surface area contributed by atoms with E-state index in [4.69, 9.17) is 9.66 Å². The number of hydrogen-bond donors (Lipinski definition) is 6. The normalized spacial score (nSPS) is 15.6. The Morgan fingerprint density at radius 3 is 1.77 bits per heavy atom. The Kier molecular flexibility index (Phi) is 20.0. The summed E-state index contributed by atoms with van der Waals surface area (Å²) in [5.41, 5.74) is 0. The minimum absolute atomic E-state index is 0. The average molecular weight is 482 g/mol. The van der Waals surface area contributed by atoms with E-state index in [1.807, 2.05) is 0 Å². The van der Waals surface area contributed by atoms with Gasteiger partial charge in [0.15, 0.2) is 0 Å². The number of carbonyl (C=O) groups is 1. The minimum Gasteiger partial charge on any atom is -1.00 e. The Morgan fingerprint density at radius 1 is 0.871 bits per heavy atom. The molecule has 0 spiro atoms. The molecule has 0 aromatic rings. The first-order valence-corrected chi connectivity index (χ1v) is 12.2. The van der Waals surface area contributed by atoms with Gasteiger partial charge in [0, 0.05) is 6.42 Å². The number of carbonyl (C=O) groups excluding carboxylic acids is 1. The van der Waals surface area contributed by atoms with Gasteiger partial charge in [-0.05, 0) is 6.42 Å². The Morgan fingerprint density at radius 2 is 1.32 bits per heavy atom. The summed E-state index contributed by atoms with van der Waals surface area (Å²) in [4.78, 5) is 13.0. The van der Waals surface area contributed by atoms with Crippen molar-refractivity contribution in [1.82, 2.24) is 4.90 Å². The monoisotopic (exact) mass is 481 g/mol. The van der Waals surface area contributed by atoms with E-state index in [2.05, 4.69) is 6.92 Å². The fourth-order valence-corrected chi connectivity index (χ4v) is 3.71. The summed E-state index contributed by atoms with van der Waals surface area (Å²) < 4.78 is 31.5. The molecule has 31 heavy (non-hydrogen) atoms. The van der Waals surface area contributed by atoms with Gasteiger partial charge in [0.1, 0.15) is 30.3 Å². The van der Waals surface area contributed by atoms with Crippen LogP contribution >= 0.6 is 0 Å². The number of unbranched alkanes of at least 4 members (excludes halogenated alkanes) is 8. The van der Waals surface area contributed by atoms with E-state index in [9.17, 15) is 33.6 Å². The maximum Gasteiger partial charge on any atom is 1.00 e. The largest absolute Gasteiger partial charge is 1.00 e.